The van der Waals surface area contributed by atoms with Crippen molar-refractivity contribution >= 4 is 5.97 Å². The second-order valence-corrected chi connectivity index (χ2v) is 0.766. The van der Waals surface area contributed by atoms with Crippen LogP contribution in [0.2, 0.25) is 0 Å². The van der Waals surface area contributed by atoms with Crippen LogP contribution in [0.1, 0.15) is 4.11 Å². The van der Waals surface area contributed by atoms with E-state index >= 15 is 0 Å². The van der Waals surface area contributed by atoms with Crippen LogP contribution in [-0.2, 0) is 4.79 Å². The Morgan fingerprint density at radius 2 is 2.57 bits per heavy atom. The standard InChI is InChI=1S/C3H6O4/c4-1-2(5)3(6)7/h2,4-5H,1H2,(H,6,7)/i1D2,2+1D,3+1. The Morgan fingerprint density at radius 3 is 2.57 bits per heavy atom. The quantitative estimate of drug-likeness (QED) is 0.376. The Labute approximate surface area is 44.2 Å². The van der Waals surface area contributed by atoms with Crippen LogP contribution in [-0.4, -0.2) is 33.9 Å². The number of aliphatic hydroxyl groups is 2. The van der Waals surface area contributed by atoms with E-state index in [4.69, 9.17) is 19.4 Å². The van der Waals surface area contributed by atoms with Gasteiger partial charge in [-0.15, -0.1) is 0 Å². The Balaban J connectivity index is 4.57. The van der Waals surface area contributed by atoms with E-state index in [0.717, 1.165) is 0 Å². The van der Waals surface area contributed by atoms with E-state index in [-0.39, 0.29) is 0 Å². The minimum Gasteiger partial charge on any atom is -0.479 e. The van der Waals surface area contributed by atoms with Crippen LogP contribution in [0.5, 0.6) is 0 Å². The summed E-state index contributed by atoms with van der Waals surface area (Å²) in [5.74, 6) is -2.14. The normalized spacial score (nSPS) is 26.3. The fraction of sp³-hybridized carbons (Fsp3) is 0.667. The molecule has 3 N–H and O–H groups in total. The maximum Gasteiger partial charge on any atom is 0.334 e. The van der Waals surface area contributed by atoms with Gasteiger partial charge in [-0.25, -0.2) is 4.79 Å². The minimum atomic E-state index is -3.51. The van der Waals surface area contributed by atoms with E-state index in [1.54, 1.807) is 0 Å². The van der Waals surface area contributed by atoms with Gasteiger partial charge in [0, 0.05) is 0 Å². The Morgan fingerprint density at radius 1 is 2.14 bits per heavy atom. The Bertz CT molecular complexity index is 148. The molecule has 0 bridgehead atoms. The van der Waals surface area contributed by atoms with Gasteiger partial charge in [-0.05, 0) is 0 Å². The average molecular weight is 111 g/mol. The lowest BCUT2D eigenvalue weighted by Crippen LogP contribution is -2.22. The minimum absolute atomic E-state index is 2.14. The lowest BCUT2D eigenvalue weighted by Gasteiger charge is -1.95. The largest absolute Gasteiger partial charge is 0.479 e. The van der Waals surface area contributed by atoms with Gasteiger partial charge < -0.3 is 15.3 Å². The third-order valence-corrected chi connectivity index (χ3v) is 0.308. The van der Waals surface area contributed by atoms with Crippen LogP contribution in [0.25, 0.3) is 0 Å². The molecule has 0 rings (SSSR count). The van der Waals surface area contributed by atoms with Crippen LogP contribution >= 0.6 is 0 Å². The van der Waals surface area contributed by atoms with E-state index in [1.165, 1.54) is 0 Å². The molecule has 0 fully saturated rings. The summed E-state index contributed by atoms with van der Waals surface area (Å²) in [4.78, 5) is 9.83. The van der Waals surface area contributed by atoms with Gasteiger partial charge >= 0.3 is 5.97 Å². The van der Waals surface area contributed by atoms with Crippen molar-refractivity contribution in [3.63, 3.8) is 0 Å². The SMILES string of the molecule is [2H]C([2H])(O)[13C]([2H])(O)[13C](=O)O. The van der Waals surface area contributed by atoms with E-state index < -0.39 is 18.6 Å². The second-order valence-electron chi connectivity index (χ2n) is 0.766. The van der Waals surface area contributed by atoms with Crippen LogP contribution in [0.4, 0.5) is 0 Å². The summed E-state index contributed by atoms with van der Waals surface area (Å²) in [7, 11) is 0. The molecule has 0 aliphatic rings. The van der Waals surface area contributed by atoms with Crippen LogP contribution in [0.3, 0.4) is 0 Å². The maximum atomic E-state index is 9.83. The predicted molar refractivity (Wildman–Crippen MR) is 20.7 cm³/mol. The number of hydrogen-bond acceptors (Lipinski definition) is 3. The summed E-state index contributed by atoms with van der Waals surface area (Å²) in [6, 6.07) is 0. The Hall–Kier alpha value is -0.610. The summed E-state index contributed by atoms with van der Waals surface area (Å²) in [6.07, 6.45) is -3.51. The molecule has 0 aliphatic carbocycles. The van der Waals surface area contributed by atoms with E-state index in [9.17, 15) is 4.79 Å². The van der Waals surface area contributed by atoms with Crippen molar-refractivity contribution in [2.75, 3.05) is 6.56 Å². The van der Waals surface area contributed by atoms with Crippen molar-refractivity contribution in [1.29, 1.82) is 0 Å². The number of carbonyl (C=O) groups is 1. The smallest absolute Gasteiger partial charge is 0.334 e. The molecule has 0 heterocycles. The molecule has 0 aromatic heterocycles. The van der Waals surface area contributed by atoms with Gasteiger partial charge in [0.25, 0.3) is 0 Å². The molecule has 4 heteroatoms. The van der Waals surface area contributed by atoms with Crippen LogP contribution in [0, 0.1) is 0 Å². The summed E-state index contributed by atoms with van der Waals surface area (Å²) in [5.41, 5.74) is 0. The van der Waals surface area contributed by atoms with Gasteiger partial charge in [-0.1, -0.05) is 0 Å². The van der Waals surface area contributed by atoms with E-state index in [1.807, 2.05) is 0 Å². The van der Waals surface area contributed by atoms with Gasteiger partial charge in [-0.2, -0.15) is 0 Å². The fourth-order valence-electron chi connectivity index (χ4n) is 0.0478. The molecule has 0 aromatic rings. The van der Waals surface area contributed by atoms with Crippen molar-refractivity contribution in [2.24, 2.45) is 0 Å². The van der Waals surface area contributed by atoms with Gasteiger partial charge in [0.1, 0.15) is 0 Å². The molecule has 0 saturated carbocycles. The van der Waals surface area contributed by atoms with Crippen molar-refractivity contribution in [3.05, 3.63) is 0 Å². The number of carboxylic acids is 1. The van der Waals surface area contributed by atoms with Gasteiger partial charge in [0.05, 0.1) is 10.7 Å². The fourth-order valence-corrected chi connectivity index (χ4v) is 0.0478. The summed E-state index contributed by atoms with van der Waals surface area (Å²) in [5, 5.41) is 24.5. The number of aliphatic carboxylic acids is 1. The highest BCUT2D eigenvalue weighted by Gasteiger charge is 2.08. The monoisotopic (exact) mass is 111 g/mol. The zero-order valence-electron chi connectivity index (χ0n) is 6.25. The first-order chi connectivity index (χ1) is 4.19. The molecule has 0 saturated heterocycles. The molecule has 1 atom stereocenters. The van der Waals surface area contributed by atoms with Crippen molar-refractivity contribution in [3.8, 4) is 0 Å². The zero-order valence-corrected chi connectivity index (χ0v) is 3.25. The molecule has 42 valence electrons. The first-order valence-corrected chi connectivity index (χ1v) is 1.37. The third-order valence-electron chi connectivity index (χ3n) is 0.308. The van der Waals surface area contributed by atoms with Gasteiger partial charge in [-0.3, -0.25) is 0 Å². The highest BCUT2D eigenvalue weighted by Crippen LogP contribution is 1.75. The molecular weight excluding hydrogens is 102 g/mol. The third kappa shape index (κ3) is 2.13. The lowest BCUT2D eigenvalue weighted by molar-refractivity contribution is -0.148. The number of carboxylic acid groups (broad SMARTS) is 1. The van der Waals surface area contributed by atoms with Crippen molar-refractivity contribution in [2.45, 2.75) is 6.08 Å². The maximum absolute atomic E-state index is 9.83. The molecule has 1 unspecified atom stereocenters. The molecule has 4 nitrogen and oxygen atoms in total. The van der Waals surface area contributed by atoms with Crippen molar-refractivity contribution < 1.29 is 24.2 Å². The van der Waals surface area contributed by atoms with Crippen molar-refractivity contribution in [1.82, 2.24) is 0 Å². The molecule has 0 aliphatic heterocycles. The number of rotatable bonds is 2. The molecule has 7 heavy (non-hydrogen) atoms. The average Bonchev–Trinajstić information content (AvgIpc) is 1.62. The van der Waals surface area contributed by atoms with Crippen LogP contribution in [0.15, 0.2) is 0 Å². The molecular formula is C3H6O4. The Kier molecular flexibility index (Phi) is 0.958. The van der Waals surface area contributed by atoms with Gasteiger partial charge in [0.15, 0.2) is 6.08 Å². The predicted octanol–water partition coefficient (Wildman–Crippen LogP) is -1.58. The lowest BCUT2D eigenvalue weighted by atomic mass is 11.0. The highest BCUT2D eigenvalue weighted by atomic mass is 16.5. The summed E-state index contributed by atoms with van der Waals surface area (Å²) in [6.45, 7) is -3.46. The van der Waals surface area contributed by atoms with Crippen LogP contribution < -0.4 is 0 Å². The molecule has 0 amide bonds. The first-order valence-electron chi connectivity index (χ1n) is 2.87. The second kappa shape index (κ2) is 2.54. The number of hydrogen-bond donors (Lipinski definition) is 3. The summed E-state index contributed by atoms with van der Waals surface area (Å²) >= 11 is 0. The summed E-state index contributed by atoms with van der Waals surface area (Å²) < 4.78 is 18.9. The first kappa shape index (κ1) is 2.64. The van der Waals surface area contributed by atoms with E-state index in [0.29, 0.717) is 0 Å². The van der Waals surface area contributed by atoms with E-state index in [2.05, 4.69) is 0 Å². The molecule has 0 aromatic carbocycles. The molecule has 0 spiro atoms. The molecule has 0 radical (unpaired) electrons. The zero-order chi connectivity index (χ0) is 8.58. The topological polar surface area (TPSA) is 77.8 Å². The van der Waals surface area contributed by atoms with Gasteiger partial charge in [0.2, 0.25) is 0 Å². The highest BCUT2D eigenvalue weighted by molar-refractivity contribution is 5.71.